The topological polar surface area (TPSA) is 52.8 Å². The zero-order valence-electron chi connectivity index (χ0n) is 15.7. The number of hydrogen-bond donors (Lipinski definition) is 0. The van der Waals surface area contributed by atoms with Gasteiger partial charge >= 0.3 is 0 Å². The van der Waals surface area contributed by atoms with Gasteiger partial charge in [-0.05, 0) is 52.7 Å². The molecule has 29 heavy (non-hydrogen) atoms. The quantitative estimate of drug-likeness (QED) is 0.405. The molecule has 4 aromatic rings. The third kappa shape index (κ3) is 4.42. The van der Waals surface area contributed by atoms with Crippen molar-refractivity contribution in [2.75, 3.05) is 0 Å². The van der Waals surface area contributed by atoms with E-state index in [1.165, 1.54) is 0 Å². The standard InChI is InChI=1S/C22H18Cl2N4O/c1-15-19(8-5-9-20(15)24)22-25-26-27-28(22)13-17-12-18(23)10-11-21(17)29-14-16-6-3-2-4-7-16/h2-12H,13-14H2,1H3. The molecule has 0 spiro atoms. The second kappa shape index (κ2) is 8.64. The van der Waals surface area contributed by atoms with Gasteiger partial charge in [0, 0.05) is 21.2 Å². The Morgan fingerprint density at radius 2 is 1.79 bits per heavy atom. The molecule has 1 heterocycles. The summed E-state index contributed by atoms with van der Waals surface area (Å²) in [7, 11) is 0. The van der Waals surface area contributed by atoms with E-state index in [9.17, 15) is 0 Å². The van der Waals surface area contributed by atoms with Crippen molar-refractivity contribution in [3.05, 3.63) is 93.5 Å². The molecule has 0 amide bonds. The smallest absolute Gasteiger partial charge is 0.182 e. The van der Waals surface area contributed by atoms with E-state index in [0.29, 0.717) is 29.0 Å². The van der Waals surface area contributed by atoms with E-state index in [1.807, 2.05) is 73.7 Å². The molecular formula is C22H18Cl2N4O. The van der Waals surface area contributed by atoms with Crippen LogP contribution in [-0.2, 0) is 13.2 Å². The van der Waals surface area contributed by atoms with E-state index < -0.39 is 0 Å². The Morgan fingerprint density at radius 3 is 2.62 bits per heavy atom. The van der Waals surface area contributed by atoms with Crippen LogP contribution in [0.5, 0.6) is 5.75 Å². The Kier molecular flexibility index (Phi) is 5.79. The first-order valence-corrected chi connectivity index (χ1v) is 9.84. The first kappa shape index (κ1) is 19.4. The Labute approximate surface area is 178 Å². The molecular weight excluding hydrogens is 407 g/mol. The Morgan fingerprint density at radius 1 is 0.966 bits per heavy atom. The van der Waals surface area contributed by atoms with Gasteiger partial charge in [0.25, 0.3) is 0 Å². The molecule has 0 fully saturated rings. The first-order chi connectivity index (χ1) is 14.1. The molecule has 0 N–H and O–H groups in total. The highest BCUT2D eigenvalue weighted by Gasteiger charge is 2.15. The van der Waals surface area contributed by atoms with Crippen molar-refractivity contribution in [3.63, 3.8) is 0 Å². The van der Waals surface area contributed by atoms with Gasteiger partial charge in [-0.3, -0.25) is 0 Å². The summed E-state index contributed by atoms with van der Waals surface area (Å²) in [6.45, 7) is 2.83. The minimum Gasteiger partial charge on any atom is -0.489 e. The number of ether oxygens (including phenoxy) is 1. The van der Waals surface area contributed by atoms with Gasteiger partial charge in [-0.15, -0.1) is 5.10 Å². The van der Waals surface area contributed by atoms with E-state index >= 15 is 0 Å². The summed E-state index contributed by atoms with van der Waals surface area (Å²) in [5.74, 6) is 1.38. The summed E-state index contributed by atoms with van der Waals surface area (Å²) < 4.78 is 7.78. The maximum Gasteiger partial charge on any atom is 0.182 e. The maximum absolute atomic E-state index is 6.27. The average molecular weight is 425 g/mol. The third-order valence-corrected chi connectivity index (χ3v) is 5.26. The number of benzene rings is 3. The number of hydrogen-bond acceptors (Lipinski definition) is 4. The first-order valence-electron chi connectivity index (χ1n) is 9.08. The maximum atomic E-state index is 6.27. The molecule has 0 unspecified atom stereocenters. The molecule has 4 rings (SSSR count). The fourth-order valence-corrected chi connectivity index (χ4v) is 3.43. The summed E-state index contributed by atoms with van der Waals surface area (Å²) in [5.41, 5.74) is 3.79. The van der Waals surface area contributed by atoms with E-state index in [2.05, 4.69) is 15.5 Å². The summed E-state index contributed by atoms with van der Waals surface area (Å²) >= 11 is 12.5. The molecule has 0 saturated heterocycles. The highest BCUT2D eigenvalue weighted by molar-refractivity contribution is 6.31. The lowest BCUT2D eigenvalue weighted by molar-refractivity contribution is 0.302. The molecule has 0 aliphatic rings. The van der Waals surface area contributed by atoms with Crippen LogP contribution in [-0.4, -0.2) is 20.2 Å². The summed E-state index contributed by atoms with van der Waals surface area (Å²) in [6, 6.07) is 21.2. The molecule has 7 heteroatoms. The average Bonchev–Trinajstić information content (AvgIpc) is 3.18. The Hall–Kier alpha value is -2.89. The van der Waals surface area contributed by atoms with Crippen LogP contribution in [0, 0.1) is 6.92 Å². The van der Waals surface area contributed by atoms with Crippen LogP contribution in [0.1, 0.15) is 16.7 Å². The minimum atomic E-state index is 0.416. The SMILES string of the molecule is Cc1c(Cl)cccc1-c1nnnn1Cc1cc(Cl)ccc1OCc1ccccc1. The highest BCUT2D eigenvalue weighted by atomic mass is 35.5. The minimum absolute atomic E-state index is 0.416. The number of tetrazole rings is 1. The zero-order valence-corrected chi connectivity index (χ0v) is 17.2. The lowest BCUT2D eigenvalue weighted by Crippen LogP contribution is -2.07. The molecule has 0 bridgehead atoms. The summed E-state index contributed by atoms with van der Waals surface area (Å²) in [5, 5.41) is 13.5. The molecule has 0 aliphatic carbocycles. The van der Waals surface area contributed by atoms with Crippen LogP contribution in [0.3, 0.4) is 0 Å². The fourth-order valence-electron chi connectivity index (χ4n) is 3.06. The molecule has 146 valence electrons. The normalized spacial score (nSPS) is 10.9. The monoisotopic (exact) mass is 424 g/mol. The highest BCUT2D eigenvalue weighted by Crippen LogP contribution is 2.29. The lowest BCUT2D eigenvalue weighted by atomic mass is 10.1. The lowest BCUT2D eigenvalue weighted by Gasteiger charge is -2.13. The fraction of sp³-hybridized carbons (Fsp3) is 0.136. The number of halogens is 2. The van der Waals surface area contributed by atoms with Crippen LogP contribution < -0.4 is 4.74 Å². The Bertz CT molecular complexity index is 1130. The van der Waals surface area contributed by atoms with Crippen molar-refractivity contribution >= 4 is 23.2 Å². The van der Waals surface area contributed by atoms with Crippen molar-refractivity contribution in [2.45, 2.75) is 20.1 Å². The van der Waals surface area contributed by atoms with Gasteiger partial charge in [-0.25, -0.2) is 4.68 Å². The van der Waals surface area contributed by atoms with Gasteiger partial charge in [0.15, 0.2) is 5.82 Å². The van der Waals surface area contributed by atoms with Crippen molar-refractivity contribution in [1.29, 1.82) is 0 Å². The summed E-state index contributed by atoms with van der Waals surface area (Å²) in [4.78, 5) is 0. The van der Waals surface area contributed by atoms with Crippen molar-refractivity contribution in [3.8, 4) is 17.1 Å². The van der Waals surface area contributed by atoms with Crippen LogP contribution >= 0.6 is 23.2 Å². The number of rotatable bonds is 6. The Balaban J connectivity index is 1.63. The van der Waals surface area contributed by atoms with Gasteiger partial charge < -0.3 is 4.74 Å². The predicted molar refractivity (Wildman–Crippen MR) is 114 cm³/mol. The molecule has 1 aromatic heterocycles. The third-order valence-electron chi connectivity index (χ3n) is 4.62. The van der Waals surface area contributed by atoms with Crippen molar-refractivity contribution in [1.82, 2.24) is 20.2 Å². The molecule has 5 nitrogen and oxygen atoms in total. The van der Waals surface area contributed by atoms with Crippen LogP contribution in [0.25, 0.3) is 11.4 Å². The molecule has 0 radical (unpaired) electrons. The van der Waals surface area contributed by atoms with Gasteiger partial charge in [-0.1, -0.05) is 65.7 Å². The van der Waals surface area contributed by atoms with E-state index in [0.717, 1.165) is 28.0 Å². The second-order valence-corrected chi connectivity index (χ2v) is 7.44. The molecule has 0 atom stereocenters. The largest absolute Gasteiger partial charge is 0.489 e. The van der Waals surface area contributed by atoms with E-state index in [1.54, 1.807) is 4.68 Å². The molecule has 0 aliphatic heterocycles. The van der Waals surface area contributed by atoms with E-state index in [4.69, 9.17) is 27.9 Å². The second-order valence-electron chi connectivity index (χ2n) is 6.60. The summed E-state index contributed by atoms with van der Waals surface area (Å²) in [6.07, 6.45) is 0. The predicted octanol–water partition coefficient (Wildman–Crippen LogP) is 5.58. The van der Waals surface area contributed by atoms with E-state index in [-0.39, 0.29) is 0 Å². The van der Waals surface area contributed by atoms with Crippen molar-refractivity contribution < 1.29 is 4.74 Å². The van der Waals surface area contributed by atoms with Gasteiger partial charge in [0.05, 0.1) is 6.54 Å². The van der Waals surface area contributed by atoms with Crippen LogP contribution in [0.2, 0.25) is 10.0 Å². The number of nitrogens with zero attached hydrogens (tertiary/aromatic N) is 4. The zero-order chi connectivity index (χ0) is 20.2. The number of aromatic nitrogens is 4. The van der Waals surface area contributed by atoms with Crippen molar-refractivity contribution in [2.24, 2.45) is 0 Å². The van der Waals surface area contributed by atoms with Crippen LogP contribution in [0.15, 0.2) is 66.7 Å². The van der Waals surface area contributed by atoms with Gasteiger partial charge in [0.1, 0.15) is 12.4 Å². The van der Waals surface area contributed by atoms with Crippen LogP contribution in [0.4, 0.5) is 0 Å². The molecule has 0 saturated carbocycles. The van der Waals surface area contributed by atoms with Gasteiger partial charge in [0.2, 0.25) is 0 Å². The molecule has 3 aromatic carbocycles. The van der Waals surface area contributed by atoms with Gasteiger partial charge in [-0.2, -0.15) is 0 Å².